The van der Waals surface area contributed by atoms with Crippen molar-refractivity contribution >= 4 is 23.1 Å². The number of nitrogens with one attached hydrogen (secondary N) is 2. The number of anilines is 3. The highest BCUT2D eigenvalue weighted by molar-refractivity contribution is 6.04. The van der Waals surface area contributed by atoms with Gasteiger partial charge in [-0.2, -0.15) is 0 Å². The molecule has 0 unspecified atom stereocenters. The third-order valence-corrected chi connectivity index (χ3v) is 5.94. The van der Waals surface area contributed by atoms with Gasteiger partial charge >= 0.3 is 0 Å². The van der Waals surface area contributed by atoms with Crippen molar-refractivity contribution in [3.63, 3.8) is 0 Å². The molecule has 0 atom stereocenters. The molecule has 0 aliphatic carbocycles. The minimum atomic E-state index is -0.121. The van der Waals surface area contributed by atoms with Crippen LogP contribution >= 0.6 is 0 Å². The molecular formula is C26H32N6O. The zero-order chi connectivity index (χ0) is 23.4. The highest BCUT2D eigenvalue weighted by atomic mass is 16.1. The molecule has 2 heterocycles. The van der Waals surface area contributed by atoms with E-state index in [-0.39, 0.29) is 5.91 Å². The van der Waals surface area contributed by atoms with Crippen LogP contribution in [0.15, 0.2) is 48.5 Å². The molecule has 1 amide bonds. The zero-order valence-electron chi connectivity index (χ0n) is 19.9. The van der Waals surface area contributed by atoms with Gasteiger partial charge in [0.1, 0.15) is 11.6 Å². The van der Waals surface area contributed by atoms with Crippen molar-refractivity contribution in [3.8, 4) is 0 Å². The predicted molar refractivity (Wildman–Crippen MR) is 133 cm³/mol. The Bertz CT molecular complexity index is 1100. The number of aryl methyl sites for hydroxylation is 3. The number of likely N-dealkylation sites (N-methyl/N-ethyl adjacent to an activating group) is 1. The lowest BCUT2D eigenvalue weighted by molar-refractivity contribution is 0.102. The fourth-order valence-electron chi connectivity index (χ4n) is 3.98. The van der Waals surface area contributed by atoms with E-state index in [2.05, 4.69) is 49.6 Å². The Balaban J connectivity index is 1.40. The van der Waals surface area contributed by atoms with E-state index in [9.17, 15) is 4.79 Å². The lowest BCUT2D eigenvalue weighted by Crippen LogP contribution is -2.43. The summed E-state index contributed by atoms with van der Waals surface area (Å²) in [5.41, 5.74) is 5.48. The third-order valence-electron chi connectivity index (χ3n) is 5.94. The molecule has 1 aliphatic heterocycles. The molecule has 2 N–H and O–H groups in total. The number of rotatable bonds is 6. The van der Waals surface area contributed by atoms with Gasteiger partial charge in [-0.05, 0) is 63.2 Å². The van der Waals surface area contributed by atoms with Crippen LogP contribution in [0.3, 0.4) is 0 Å². The molecule has 2 aromatic carbocycles. The van der Waals surface area contributed by atoms with E-state index in [1.54, 1.807) is 0 Å². The first-order valence-electron chi connectivity index (χ1n) is 11.4. The Labute approximate surface area is 195 Å². The Kier molecular flexibility index (Phi) is 7.01. The quantitative estimate of drug-likeness (QED) is 0.595. The first-order valence-corrected chi connectivity index (χ1v) is 11.4. The fourth-order valence-corrected chi connectivity index (χ4v) is 3.98. The molecule has 1 aliphatic rings. The van der Waals surface area contributed by atoms with E-state index in [0.29, 0.717) is 5.56 Å². The molecule has 0 radical (unpaired) electrons. The van der Waals surface area contributed by atoms with Crippen LogP contribution in [0.5, 0.6) is 0 Å². The molecular weight excluding hydrogens is 412 g/mol. The summed E-state index contributed by atoms with van der Waals surface area (Å²) >= 11 is 0. The summed E-state index contributed by atoms with van der Waals surface area (Å²) < 4.78 is 0. The standard InChI is InChI=1S/C26H32N6O/c1-18-5-10-23(16-24(18)30-25-15-19(2)27-20(3)28-25)29-26(33)22-8-6-21(7-9-22)17-32-13-11-31(4)12-14-32/h5-10,15-16H,11-14,17H2,1-4H3,(H,29,33)(H,27,28,30). The van der Waals surface area contributed by atoms with Gasteiger partial charge < -0.3 is 15.5 Å². The molecule has 1 aromatic heterocycles. The molecule has 3 aromatic rings. The maximum Gasteiger partial charge on any atom is 0.255 e. The van der Waals surface area contributed by atoms with Crippen molar-refractivity contribution in [2.24, 2.45) is 0 Å². The summed E-state index contributed by atoms with van der Waals surface area (Å²) in [6.45, 7) is 11.1. The minimum Gasteiger partial charge on any atom is -0.340 e. The largest absolute Gasteiger partial charge is 0.340 e. The molecule has 33 heavy (non-hydrogen) atoms. The summed E-state index contributed by atoms with van der Waals surface area (Å²) in [6.07, 6.45) is 0. The van der Waals surface area contributed by atoms with Crippen LogP contribution in [0.2, 0.25) is 0 Å². The summed E-state index contributed by atoms with van der Waals surface area (Å²) in [5.74, 6) is 1.34. The van der Waals surface area contributed by atoms with Crippen LogP contribution in [-0.4, -0.2) is 58.9 Å². The van der Waals surface area contributed by atoms with Crippen molar-refractivity contribution in [1.82, 2.24) is 19.8 Å². The molecule has 0 saturated carbocycles. The van der Waals surface area contributed by atoms with Crippen molar-refractivity contribution < 1.29 is 4.79 Å². The highest BCUT2D eigenvalue weighted by Crippen LogP contribution is 2.24. The Morgan fingerprint density at radius 2 is 1.67 bits per heavy atom. The molecule has 7 nitrogen and oxygen atoms in total. The van der Waals surface area contributed by atoms with Crippen LogP contribution in [0.4, 0.5) is 17.2 Å². The summed E-state index contributed by atoms with van der Waals surface area (Å²) in [6, 6.07) is 15.6. The number of amides is 1. The SMILES string of the molecule is Cc1cc(Nc2cc(NC(=O)c3ccc(CN4CCN(C)CC4)cc3)ccc2C)nc(C)n1. The predicted octanol–water partition coefficient (Wildman–Crippen LogP) is 4.15. The number of piperazine rings is 1. The molecule has 172 valence electrons. The molecule has 1 fully saturated rings. The molecule has 1 saturated heterocycles. The van der Waals surface area contributed by atoms with Gasteiger partial charge in [-0.3, -0.25) is 9.69 Å². The van der Waals surface area contributed by atoms with Crippen LogP contribution in [-0.2, 0) is 6.54 Å². The fraction of sp³-hybridized carbons (Fsp3) is 0.346. The van der Waals surface area contributed by atoms with E-state index in [0.717, 1.165) is 67.0 Å². The minimum absolute atomic E-state index is 0.121. The van der Waals surface area contributed by atoms with Crippen molar-refractivity contribution in [2.45, 2.75) is 27.3 Å². The number of carbonyl (C=O) groups is 1. The second-order valence-electron chi connectivity index (χ2n) is 8.83. The van der Waals surface area contributed by atoms with Crippen molar-refractivity contribution in [2.75, 3.05) is 43.9 Å². The second-order valence-corrected chi connectivity index (χ2v) is 8.83. The maximum atomic E-state index is 12.8. The summed E-state index contributed by atoms with van der Waals surface area (Å²) in [5, 5.41) is 6.36. The first-order chi connectivity index (χ1) is 15.9. The lowest BCUT2D eigenvalue weighted by atomic mass is 10.1. The number of hydrogen-bond donors (Lipinski definition) is 2. The number of benzene rings is 2. The third kappa shape index (κ3) is 6.15. The number of carbonyl (C=O) groups excluding carboxylic acids is 1. The van der Waals surface area contributed by atoms with Gasteiger partial charge in [0.25, 0.3) is 5.91 Å². The van der Waals surface area contributed by atoms with Crippen molar-refractivity contribution in [3.05, 3.63) is 76.7 Å². The van der Waals surface area contributed by atoms with Gasteiger partial charge in [0.2, 0.25) is 0 Å². The first kappa shape index (κ1) is 22.9. The Morgan fingerprint density at radius 1 is 0.939 bits per heavy atom. The van der Waals surface area contributed by atoms with E-state index >= 15 is 0 Å². The average Bonchev–Trinajstić information content (AvgIpc) is 2.77. The Morgan fingerprint density at radius 3 is 2.36 bits per heavy atom. The summed E-state index contributed by atoms with van der Waals surface area (Å²) in [7, 11) is 2.16. The van der Waals surface area contributed by atoms with Crippen LogP contribution in [0, 0.1) is 20.8 Å². The average molecular weight is 445 g/mol. The van der Waals surface area contributed by atoms with E-state index in [1.807, 2.05) is 57.2 Å². The maximum absolute atomic E-state index is 12.8. The number of hydrogen-bond acceptors (Lipinski definition) is 6. The summed E-state index contributed by atoms with van der Waals surface area (Å²) in [4.78, 5) is 26.4. The molecule has 0 spiro atoms. The van der Waals surface area contributed by atoms with Gasteiger partial charge in [0.05, 0.1) is 0 Å². The normalized spacial score (nSPS) is 14.8. The number of aromatic nitrogens is 2. The van der Waals surface area contributed by atoms with Crippen LogP contribution in [0.1, 0.15) is 33.0 Å². The van der Waals surface area contributed by atoms with Gasteiger partial charge in [-0.15, -0.1) is 0 Å². The van der Waals surface area contributed by atoms with Gasteiger partial charge in [0, 0.05) is 61.4 Å². The van der Waals surface area contributed by atoms with E-state index in [1.165, 1.54) is 5.56 Å². The Hall–Kier alpha value is -3.29. The zero-order valence-corrected chi connectivity index (χ0v) is 19.9. The molecule has 7 heteroatoms. The highest BCUT2D eigenvalue weighted by Gasteiger charge is 2.14. The topological polar surface area (TPSA) is 73.4 Å². The van der Waals surface area contributed by atoms with Gasteiger partial charge in [0.15, 0.2) is 0 Å². The van der Waals surface area contributed by atoms with E-state index < -0.39 is 0 Å². The van der Waals surface area contributed by atoms with Gasteiger partial charge in [-0.1, -0.05) is 18.2 Å². The lowest BCUT2D eigenvalue weighted by Gasteiger charge is -2.32. The smallest absolute Gasteiger partial charge is 0.255 e. The van der Waals surface area contributed by atoms with Crippen LogP contribution in [0.25, 0.3) is 0 Å². The monoisotopic (exact) mass is 444 g/mol. The van der Waals surface area contributed by atoms with Crippen molar-refractivity contribution in [1.29, 1.82) is 0 Å². The molecule has 4 rings (SSSR count). The van der Waals surface area contributed by atoms with E-state index in [4.69, 9.17) is 0 Å². The van der Waals surface area contributed by atoms with Crippen LogP contribution < -0.4 is 10.6 Å². The molecule has 0 bridgehead atoms. The number of nitrogens with zero attached hydrogens (tertiary/aromatic N) is 4. The van der Waals surface area contributed by atoms with Gasteiger partial charge in [-0.25, -0.2) is 9.97 Å². The second kappa shape index (κ2) is 10.1.